The highest BCUT2D eigenvalue weighted by Crippen LogP contribution is 2.36. The summed E-state index contributed by atoms with van der Waals surface area (Å²) in [6.45, 7) is 11.6. The van der Waals surface area contributed by atoms with E-state index in [9.17, 15) is 8.42 Å². The summed E-state index contributed by atoms with van der Waals surface area (Å²) in [5, 5.41) is 4.21. The molecular formula is C13H23BN2O4S. The smallest absolute Gasteiger partial charge is 0.399 e. The van der Waals surface area contributed by atoms with Crippen molar-refractivity contribution >= 4 is 22.4 Å². The van der Waals surface area contributed by atoms with Crippen molar-refractivity contribution in [2.24, 2.45) is 0 Å². The van der Waals surface area contributed by atoms with Gasteiger partial charge in [-0.1, -0.05) is 0 Å². The maximum Gasteiger partial charge on any atom is 0.499 e. The van der Waals surface area contributed by atoms with Crippen molar-refractivity contribution in [1.29, 1.82) is 0 Å². The second kappa shape index (κ2) is 4.82. The monoisotopic (exact) mass is 314 g/mol. The van der Waals surface area contributed by atoms with E-state index in [0.717, 1.165) is 6.26 Å². The minimum Gasteiger partial charge on any atom is -0.399 e. The summed E-state index contributed by atoms with van der Waals surface area (Å²) in [5.74, 6) is 0. The van der Waals surface area contributed by atoms with Crippen LogP contribution in [-0.4, -0.2) is 42.8 Å². The molecule has 0 saturated carbocycles. The van der Waals surface area contributed by atoms with Gasteiger partial charge in [0.15, 0.2) is 14.9 Å². The van der Waals surface area contributed by atoms with Crippen LogP contribution in [0, 0.1) is 0 Å². The zero-order valence-corrected chi connectivity index (χ0v) is 14.5. The predicted octanol–water partition coefficient (Wildman–Crippen LogP) is 1.17. The number of rotatable bonds is 3. The van der Waals surface area contributed by atoms with E-state index in [4.69, 9.17) is 9.31 Å². The van der Waals surface area contributed by atoms with E-state index in [2.05, 4.69) is 5.10 Å². The van der Waals surface area contributed by atoms with E-state index in [1.165, 1.54) is 0 Å². The Labute approximate surface area is 126 Å². The lowest BCUT2D eigenvalue weighted by Gasteiger charge is -2.32. The van der Waals surface area contributed by atoms with Gasteiger partial charge in [-0.2, -0.15) is 5.10 Å². The third kappa shape index (κ3) is 2.89. The molecule has 6 nitrogen and oxygen atoms in total. The third-order valence-electron chi connectivity index (χ3n) is 4.11. The summed E-state index contributed by atoms with van der Waals surface area (Å²) in [7, 11) is -4.18. The van der Waals surface area contributed by atoms with E-state index < -0.39 is 28.2 Å². The Bertz CT molecular complexity index is 633. The molecule has 1 saturated heterocycles. The lowest BCUT2D eigenvalue weighted by atomic mass is 9.82. The molecule has 1 aliphatic heterocycles. The number of hydrogen-bond donors (Lipinski definition) is 0. The highest BCUT2D eigenvalue weighted by atomic mass is 32.2. The van der Waals surface area contributed by atoms with Crippen LogP contribution in [0.25, 0.3) is 0 Å². The first-order chi connectivity index (χ1) is 9.35. The van der Waals surface area contributed by atoms with Gasteiger partial charge in [0.1, 0.15) is 0 Å². The van der Waals surface area contributed by atoms with Crippen molar-refractivity contribution in [2.75, 3.05) is 6.26 Å². The van der Waals surface area contributed by atoms with Gasteiger partial charge >= 0.3 is 7.12 Å². The van der Waals surface area contributed by atoms with Crippen molar-refractivity contribution in [3.8, 4) is 0 Å². The van der Waals surface area contributed by atoms with Gasteiger partial charge in [-0.25, -0.2) is 8.42 Å². The molecular weight excluding hydrogens is 291 g/mol. The lowest BCUT2D eigenvalue weighted by molar-refractivity contribution is 0.00578. The molecule has 21 heavy (non-hydrogen) atoms. The molecule has 1 aliphatic rings. The number of nitrogens with zero attached hydrogens (tertiary/aromatic N) is 2. The van der Waals surface area contributed by atoms with E-state index in [1.54, 1.807) is 10.9 Å². The molecule has 2 heterocycles. The molecule has 1 fully saturated rings. The van der Waals surface area contributed by atoms with Gasteiger partial charge in [0.2, 0.25) is 0 Å². The summed E-state index contributed by atoms with van der Waals surface area (Å²) >= 11 is 0. The van der Waals surface area contributed by atoms with Gasteiger partial charge in [-0.15, -0.1) is 0 Å². The van der Waals surface area contributed by atoms with Crippen LogP contribution in [0.4, 0.5) is 0 Å². The lowest BCUT2D eigenvalue weighted by Crippen LogP contribution is -2.41. The Morgan fingerprint density at radius 3 is 2.05 bits per heavy atom. The van der Waals surface area contributed by atoms with Gasteiger partial charge in [-0.3, -0.25) is 4.68 Å². The number of aromatic nitrogens is 2. The zero-order valence-electron chi connectivity index (χ0n) is 13.7. The standard InChI is InChI=1S/C13H23BN2O4S/c1-9(2)16-8-10(11(15-16)21(7,17)18)14-19-12(3,4)13(5,6)20-14/h8-9H,1-7H3. The Hall–Kier alpha value is -0.855. The van der Waals surface area contributed by atoms with E-state index in [1.807, 2.05) is 41.5 Å². The molecule has 0 amide bonds. The van der Waals surface area contributed by atoms with Gasteiger partial charge in [0.05, 0.1) is 11.2 Å². The van der Waals surface area contributed by atoms with Crippen molar-refractivity contribution in [1.82, 2.24) is 9.78 Å². The van der Waals surface area contributed by atoms with E-state index in [-0.39, 0.29) is 11.1 Å². The summed E-state index contributed by atoms with van der Waals surface area (Å²) in [6.07, 6.45) is 2.85. The van der Waals surface area contributed by atoms with Crippen LogP contribution in [0.5, 0.6) is 0 Å². The first kappa shape index (κ1) is 16.5. The molecule has 8 heteroatoms. The predicted molar refractivity (Wildman–Crippen MR) is 81.4 cm³/mol. The molecule has 1 aromatic rings. The normalized spacial score (nSPS) is 21.2. The van der Waals surface area contributed by atoms with Crippen LogP contribution in [0.1, 0.15) is 47.6 Å². The molecule has 0 radical (unpaired) electrons. The minimum atomic E-state index is -3.45. The third-order valence-corrected chi connectivity index (χ3v) is 5.13. The largest absolute Gasteiger partial charge is 0.499 e. The highest BCUT2D eigenvalue weighted by Gasteiger charge is 2.53. The molecule has 0 bridgehead atoms. The molecule has 118 valence electrons. The van der Waals surface area contributed by atoms with E-state index >= 15 is 0 Å². The zero-order chi connectivity index (χ0) is 16.2. The molecule has 2 rings (SSSR count). The van der Waals surface area contributed by atoms with Gasteiger partial charge in [0, 0.05) is 24.0 Å². The summed E-state index contributed by atoms with van der Waals surface area (Å²) in [6, 6.07) is 0.0571. The first-order valence-corrected chi connectivity index (χ1v) is 8.89. The molecule has 0 aromatic carbocycles. The number of hydrogen-bond acceptors (Lipinski definition) is 5. The fourth-order valence-corrected chi connectivity index (χ4v) is 2.89. The molecule has 0 N–H and O–H groups in total. The average Bonchev–Trinajstić information content (AvgIpc) is 2.78. The second-order valence-electron chi connectivity index (χ2n) is 6.82. The molecule has 0 spiro atoms. The van der Waals surface area contributed by atoms with Crippen LogP contribution >= 0.6 is 0 Å². The Kier molecular flexibility index (Phi) is 3.79. The topological polar surface area (TPSA) is 70.4 Å². The van der Waals surface area contributed by atoms with Gasteiger partial charge in [-0.05, 0) is 41.5 Å². The van der Waals surface area contributed by atoms with Crippen molar-refractivity contribution in [3.63, 3.8) is 0 Å². The SMILES string of the molecule is CC(C)n1cc(B2OC(C)(C)C(C)(C)O2)c(S(C)(=O)=O)n1. The van der Waals surface area contributed by atoms with Crippen molar-refractivity contribution < 1.29 is 17.7 Å². The first-order valence-electron chi connectivity index (χ1n) is 7.00. The summed E-state index contributed by atoms with van der Waals surface area (Å²) < 4.78 is 37.5. The second-order valence-corrected chi connectivity index (χ2v) is 8.75. The fourth-order valence-electron chi connectivity index (χ4n) is 2.07. The van der Waals surface area contributed by atoms with Crippen LogP contribution in [-0.2, 0) is 19.1 Å². The van der Waals surface area contributed by atoms with Crippen LogP contribution in [0.2, 0.25) is 0 Å². The molecule has 0 unspecified atom stereocenters. The van der Waals surface area contributed by atoms with Crippen molar-refractivity contribution in [2.45, 2.75) is 63.8 Å². The molecule has 0 atom stereocenters. The summed E-state index contributed by atoms with van der Waals surface area (Å²) in [5.41, 5.74) is -0.580. The molecule has 0 aliphatic carbocycles. The van der Waals surface area contributed by atoms with Crippen LogP contribution in [0.3, 0.4) is 0 Å². The van der Waals surface area contributed by atoms with Gasteiger partial charge < -0.3 is 9.31 Å². The summed E-state index contributed by atoms with van der Waals surface area (Å²) in [4.78, 5) is 0. The highest BCUT2D eigenvalue weighted by molar-refractivity contribution is 7.90. The quantitative estimate of drug-likeness (QED) is 0.783. The maximum atomic E-state index is 12.0. The van der Waals surface area contributed by atoms with Crippen LogP contribution < -0.4 is 5.46 Å². The Morgan fingerprint density at radius 1 is 1.19 bits per heavy atom. The Morgan fingerprint density at radius 2 is 1.67 bits per heavy atom. The number of sulfone groups is 1. The van der Waals surface area contributed by atoms with E-state index in [0.29, 0.717) is 5.46 Å². The van der Waals surface area contributed by atoms with Gasteiger partial charge in [0.25, 0.3) is 0 Å². The van der Waals surface area contributed by atoms with Crippen LogP contribution in [0.15, 0.2) is 11.2 Å². The maximum absolute atomic E-state index is 12.0. The minimum absolute atomic E-state index is 0.0229. The average molecular weight is 314 g/mol. The van der Waals surface area contributed by atoms with Crippen molar-refractivity contribution in [3.05, 3.63) is 6.20 Å². The Balaban J connectivity index is 2.50. The molecule has 1 aromatic heterocycles. The fraction of sp³-hybridized carbons (Fsp3) is 0.769.